The van der Waals surface area contributed by atoms with E-state index in [0.29, 0.717) is 13.2 Å². The molecule has 0 bridgehead atoms. The molecule has 4 rings (SSSR count). The number of nitrogens with one attached hydrogen (secondary N) is 1. The second-order valence-corrected chi connectivity index (χ2v) is 7.52. The third-order valence-corrected chi connectivity index (χ3v) is 5.33. The van der Waals surface area contributed by atoms with Crippen molar-refractivity contribution in [1.82, 2.24) is 4.90 Å². The first-order valence-corrected chi connectivity index (χ1v) is 10.7. The molecule has 2 aromatic rings. The molecule has 0 aliphatic carbocycles. The van der Waals surface area contributed by atoms with E-state index in [0.717, 1.165) is 36.8 Å². The average molecular weight is 407 g/mol. The Kier molecular flexibility index (Phi) is 6.49. The third-order valence-electron chi connectivity index (χ3n) is 5.33. The Bertz CT molecular complexity index is 874. The highest BCUT2D eigenvalue weighted by atomic mass is 16.5. The number of anilines is 2. The third kappa shape index (κ3) is 4.74. The van der Waals surface area contributed by atoms with Crippen LogP contribution in [0.1, 0.15) is 25.3 Å². The van der Waals surface area contributed by atoms with E-state index in [1.54, 1.807) is 0 Å². The molecule has 7 heteroatoms. The summed E-state index contributed by atoms with van der Waals surface area (Å²) in [6, 6.07) is 18.8. The molecule has 0 spiro atoms. The summed E-state index contributed by atoms with van der Waals surface area (Å²) < 4.78 is 5.53. The number of aryl methyl sites for hydroxylation is 1. The van der Waals surface area contributed by atoms with Crippen LogP contribution in [0.25, 0.3) is 0 Å². The topological polar surface area (TPSA) is 78.5 Å². The molecule has 7 nitrogen and oxygen atoms in total. The van der Waals surface area contributed by atoms with E-state index in [2.05, 4.69) is 68.4 Å². The van der Waals surface area contributed by atoms with E-state index < -0.39 is 0 Å². The number of nitrogens with zero attached hydrogens (tertiary/aromatic N) is 4. The molecule has 30 heavy (non-hydrogen) atoms. The number of hydrogen-bond acceptors (Lipinski definition) is 7. The highest BCUT2D eigenvalue weighted by Crippen LogP contribution is 2.24. The zero-order valence-electron chi connectivity index (χ0n) is 17.5. The van der Waals surface area contributed by atoms with Crippen molar-refractivity contribution in [2.45, 2.75) is 32.5 Å². The summed E-state index contributed by atoms with van der Waals surface area (Å²) in [6.07, 6.45) is 3.13. The molecule has 1 atom stereocenters. The maximum Gasteiger partial charge on any atom is 0.222 e. The summed E-state index contributed by atoms with van der Waals surface area (Å²) in [5.41, 5.74) is 9.50. The fraction of sp³-hybridized carbons (Fsp3) is 0.391. The minimum atomic E-state index is -0.385. The lowest BCUT2D eigenvalue weighted by Crippen LogP contribution is -2.57. The number of rotatable bonds is 6. The SMILES string of the molecule is CCCCc1ccc(NC2N=C(N)N=C(N3CCOCC3)N2c2ccccc2)cc1. The number of hydrogen-bond donors (Lipinski definition) is 2. The Morgan fingerprint density at radius 2 is 1.80 bits per heavy atom. The van der Waals surface area contributed by atoms with Crippen LogP contribution in [0, 0.1) is 0 Å². The molecular formula is C23H30N6O. The number of guanidine groups is 2. The van der Waals surface area contributed by atoms with Crippen molar-refractivity contribution in [1.29, 1.82) is 0 Å². The second kappa shape index (κ2) is 9.63. The molecular weight excluding hydrogens is 376 g/mol. The first kappa shape index (κ1) is 20.2. The zero-order chi connectivity index (χ0) is 20.8. The van der Waals surface area contributed by atoms with Gasteiger partial charge in [-0.1, -0.05) is 43.7 Å². The molecule has 2 aromatic carbocycles. The first-order chi connectivity index (χ1) is 14.7. The average Bonchev–Trinajstić information content (AvgIpc) is 2.79. The lowest BCUT2D eigenvalue weighted by molar-refractivity contribution is 0.0671. The van der Waals surface area contributed by atoms with Gasteiger partial charge < -0.3 is 20.7 Å². The number of ether oxygens (including phenoxy) is 1. The summed E-state index contributed by atoms with van der Waals surface area (Å²) in [5.74, 6) is 1.08. The largest absolute Gasteiger partial charge is 0.378 e. The van der Waals surface area contributed by atoms with Crippen molar-refractivity contribution < 1.29 is 4.74 Å². The molecule has 1 saturated heterocycles. The highest BCUT2D eigenvalue weighted by Gasteiger charge is 2.31. The minimum Gasteiger partial charge on any atom is -0.378 e. The van der Waals surface area contributed by atoms with Crippen LogP contribution in [-0.2, 0) is 11.2 Å². The summed E-state index contributed by atoms with van der Waals surface area (Å²) >= 11 is 0. The van der Waals surface area contributed by atoms with E-state index in [1.165, 1.54) is 18.4 Å². The van der Waals surface area contributed by atoms with Gasteiger partial charge in [-0.25, -0.2) is 4.99 Å². The number of para-hydroxylation sites is 1. The Balaban J connectivity index is 1.60. The Morgan fingerprint density at radius 3 is 2.50 bits per heavy atom. The fourth-order valence-electron chi connectivity index (χ4n) is 3.70. The van der Waals surface area contributed by atoms with E-state index in [-0.39, 0.29) is 12.2 Å². The quantitative estimate of drug-likeness (QED) is 0.770. The van der Waals surface area contributed by atoms with Crippen molar-refractivity contribution in [3.05, 3.63) is 60.2 Å². The molecule has 1 fully saturated rings. The van der Waals surface area contributed by atoms with Crippen LogP contribution in [-0.4, -0.2) is 49.4 Å². The Morgan fingerprint density at radius 1 is 1.07 bits per heavy atom. The standard InChI is InChI=1S/C23H30N6O/c1-2-3-7-18-10-12-19(13-11-18)25-22-26-21(24)27-23(28-14-16-30-17-15-28)29(22)20-8-5-4-6-9-20/h4-6,8-13,22,25H,2-3,7,14-17H2,1H3,(H2,24,26). The molecule has 158 valence electrons. The van der Waals surface area contributed by atoms with E-state index in [9.17, 15) is 0 Å². The van der Waals surface area contributed by atoms with Crippen molar-refractivity contribution in [2.75, 3.05) is 36.5 Å². The van der Waals surface area contributed by atoms with Crippen LogP contribution in [0.4, 0.5) is 11.4 Å². The summed E-state index contributed by atoms with van der Waals surface area (Å²) in [6.45, 7) is 5.11. The second-order valence-electron chi connectivity index (χ2n) is 7.52. The van der Waals surface area contributed by atoms with Crippen molar-refractivity contribution in [3.63, 3.8) is 0 Å². The van der Waals surface area contributed by atoms with Gasteiger partial charge in [-0.15, -0.1) is 0 Å². The van der Waals surface area contributed by atoms with Gasteiger partial charge in [0.05, 0.1) is 13.2 Å². The molecule has 0 radical (unpaired) electrons. The summed E-state index contributed by atoms with van der Waals surface area (Å²) in [5, 5.41) is 3.53. The van der Waals surface area contributed by atoms with Crippen molar-refractivity contribution in [3.8, 4) is 0 Å². The summed E-state index contributed by atoms with van der Waals surface area (Å²) in [7, 11) is 0. The monoisotopic (exact) mass is 406 g/mol. The molecule has 1 unspecified atom stereocenters. The van der Waals surface area contributed by atoms with Gasteiger partial charge >= 0.3 is 0 Å². The van der Waals surface area contributed by atoms with Crippen LogP contribution in [0.2, 0.25) is 0 Å². The van der Waals surface area contributed by atoms with Gasteiger partial charge in [-0.05, 0) is 42.7 Å². The van der Waals surface area contributed by atoms with Crippen LogP contribution in [0.3, 0.4) is 0 Å². The van der Waals surface area contributed by atoms with Crippen molar-refractivity contribution >= 4 is 23.3 Å². The maximum absolute atomic E-state index is 6.13. The molecule has 0 saturated carbocycles. The smallest absolute Gasteiger partial charge is 0.222 e. The Labute approximate surface area is 178 Å². The van der Waals surface area contributed by atoms with E-state index in [4.69, 9.17) is 10.5 Å². The molecule has 3 N–H and O–H groups in total. The maximum atomic E-state index is 6.13. The van der Waals surface area contributed by atoms with Gasteiger partial charge in [0.1, 0.15) is 0 Å². The van der Waals surface area contributed by atoms with Gasteiger partial charge in [-0.3, -0.25) is 4.90 Å². The van der Waals surface area contributed by atoms with Crippen LogP contribution in [0.15, 0.2) is 64.6 Å². The van der Waals surface area contributed by atoms with Gasteiger partial charge in [0.15, 0.2) is 0 Å². The number of nitrogens with two attached hydrogens (primary N) is 1. The minimum absolute atomic E-state index is 0.278. The Hall–Kier alpha value is -3.06. The van der Waals surface area contributed by atoms with Crippen LogP contribution in [0.5, 0.6) is 0 Å². The van der Waals surface area contributed by atoms with Gasteiger partial charge in [0.2, 0.25) is 18.2 Å². The van der Waals surface area contributed by atoms with E-state index >= 15 is 0 Å². The van der Waals surface area contributed by atoms with Crippen molar-refractivity contribution in [2.24, 2.45) is 15.7 Å². The molecule has 0 aromatic heterocycles. The molecule has 0 amide bonds. The first-order valence-electron chi connectivity index (χ1n) is 10.7. The molecule has 2 aliphatic rings. The number of aliphatic imine (C=N–C) groups is 2. The predicted molar refractivity (Wildman–Crippen MR) is 123 cm³/mol. The normalized spacial score (nSPS) is 19.3. The van der Waals surface area contributed by atoms with Crippen LogP contribution < -0.4 is 16.0 Å². The molecule has 2 heterocycles. The fourth-order valence-corrected chi connectivity index (χ4v) is 3.70. The van der Waals surface area contributed by atoms with Crippen LogP contribution >= 0.6 is 0 Å². The van der Waals surface area contributed by atoms with Gasteiger partial charge in [0.25, 0.3) is 0 Å². The zero-order valence-corrected chi connectivity index (χ0v) is 17.5. The lowest BCUT2D eigenvalue weighted by atomic mass is 10.1. The predicted octanol–water partition coefficient (Wildman–Crippen LogP) is 3.25. The summed E-state index contributed by atoms with van der Waals surface area (Å²) in [4.78, 5) is 13.5. The number of benzene rings is 2. The van der Waals surface area contributed by atoms with Gasteiger partial charge in [0, 0.05) is 24.5 Å². The lowest BCUT2D eigenvalue weighted by Gasteiger charge is -2.41. The molecule has 2 aliphatic heterocycles. The van der Waals surface area contributed by atoms with E-state index in [1.807, 2.05) is 18.2 Å². The van der Waals surface area contributed by atoms with Gasteiger partial charge in [-0.2, -0.15) is 4.99 Å². The highest BCUT2D eigenvalue weighted by molar-refractivity contribution is 6.05. The number of unbranched alkanes of at least 4 members (excludes halogenated alkanes) is 1. The number of morpholine rings is 1.